The Morgan fingerprint density at radius 3 is 2.65 bits per heavy atom. The molecule has 2 amide bonds. The summed E-state index contributed by atoms with van der Waals surface area (Å²) in [4.78, 5) is 35.8. The van der Waals surface area contributed by atoms with E-state index < -0.39 is 19.9 Å². The third-order valence-corrected chi connectivity index (χ3v) is 11.3. The lowest BCUT2D eigenvalue weighted by atomic mass is 9.89. The summed E-state index contributed by atoms with van der Waals surface area (Å²) in [5.74, 6) is -0.415. The smallest absolute Gasteiger partial charge is 0.314 e. The van der Waals surface area contributed by atoms with E-state index in [0.717, 1.165) is 60.2 Å². The second-order valence-corrected chi connectivity index (χ2v) is 20.4. The van der Waals surface area contributed by atoms with Gasteiger partial charge in [-0.1, -0.05) is 45.6 Å². The monoisotopic (exact) mass is 644 g/mol. The maximum atomic E-state index is 13.9. The predicted octanol–water partition coefficient (Wildman–Crippen LogP) is 5.54. The topological polar surface area (TPSA) is 110 Å². The molecule has 3 aromatic heterocycles. The molecule has 2 fully saturated rings. The van der Waals surface area contributed by atoms with E-state index in [1.807, 2.05) is 0 Å². The standard InChI is InChI=1S/C34H48N8O3Si/c1-23-7-10-31(25-8-9-26-21-41(38-28(26)15-25)30-11-12-39(3)20-24(30)2)40(19-23)34(44)33(43)37-29-18-35-16-27-17-36-42(32(27)29)22-45-13-14-46(4,5)6/h8-9,15-18,21,23-24,30-31H,7,10-14,19-20,22H2,1-6H3,(H,37,43)/t23-,24-,30+,31+/m0/s1. The van der Waals surface area contributed by atoms with Crippen LogP contribution in [0.15, 0.2) is 43.0 Å². The average molecular weight is 645 g/mol. The third-order valence-electron chi connectivity index (χ3n) is 9.61. The first kappa shape index (κ1) is 32.3. The average Bonchev–Trinajstić information content (AvgIpc) is 3.62. The first-order valence-electron chi connectivity index (χ1n) is 16.6. The van der Waals surface area contributed by atoms with Crippen LogP contribution < -0.4 is 5.32 Å². The number of amides is 2. The molecule has 2 aliphatic heterocycles. The molecule has 6 rings (SSSR count). The number of carbonyl (C=O) groups excluding carboxylic acids is 2. The molecule has 12 heteroatoms. The molecule has 0 radical (unpaired) electrons. The maximum absolute atomic E-state index is 13.9. The molecule has 5 heterocycles. The van der Waals surface area contributed by atoms with Gasteiger partial charge in [0.15, 0.2) is 0 Å². The Labute approximate surface area is 272 Å². The van der Waals surface area contributed by atoms with Crippen molar-refractivity contribution in [2.45, 2.75) is 77.6 Å². The van der Waals surface area contributed by atoms with E-state index in [-0.39, 0.29) is 12.8 Å². The lowest BCUT2D eigenvalue weighted by Gasteiger charge is -2.38. The van der Waals surface area contributed by atoms with E-state index in [1.165, 1.54) is 0 Å². The van der Waals surface area contributed by atoms with Gasteiger partial charge in [0.1, 0.15) is 6.73 Å². The molecule has 246 valence electrons. The van der Waals surface area contributed by atoms with Crippen molar-refractivity contribution in [1.29, 1.82) is 0 Å². The second kappa shape index (κ2) is 13.2. The van der Waals surface area contributed by atoms with Crippen LogP contribution in [0.2, 0.25) is 25.7 Å². The highest BCUT2D eigenvalue weighted by molar-refractivity contribution is 6.76. The highest BCUT2D eigenvalue weighted by atomic mass is 28.3. The van der Waals surface area contributed by atoms with Crippen LogP contribution in [0.5, 0.6) is 0 Å². The fourth-order valence-electron chi connectivity index (χ4n) is 6.95. The normalized spacial score (nSPS) is 22.9. The number of fused-ring (bicyclic) bond motifs is 2. The van der Waals surface area contributed by atoms with Gasteiger partial charge in [-0.15, -0.1) is 0 Å². The van der Waals surface area contributed by atoms with Crippen LogP contribution in [0.1, 0.15) is 50.8 Å². The largest absolute Gasteiger partial charge is 0.360 e. The number of hydrogen-bond acceptors (Lipinski definition) is 7. The fourth-order valence-corrected chi connectivity index (χ4v) is 7.71. The van der Waals surface area contributed by atoms with Gasteiger partial charge in [0.05, 0.1) is 41.2 Å². The fraction of sp³-hybridized carbons (Fsp3) is 0.559. The van der Waals surface area contributed by atoms with Crippen LogP contribution in [0, 0.1) is 11.8 Å². The lowest BCUT2D eigenvalue weighted by Crippen LogP contribution is -2.46. The summed E-state index contributed by atoms with van der Waals surface area (Å²) in [7, 11) is 0.951. The van der Waals surface area contributed by atoms with Crippen molar-refractivity contribution < 1.29 is 14.3 Å². The predicted molar refractivity (Wildman–Crippen MR) is 183 cm³/mol. The molecule has 46 heavy (non-hydrogen) atoms. The minimum atomic E-state index is -1.22. The molecule has 0 saturated carbocycles. The number of carbonyl (C=O) groups is 2. The number of nitrogens with one attached hydrogen (secondary N) is 1. The van der Waals surface area contributed by atoms with Gasteiger partial charge in [-0.2, -0.15) is 10.2 Å². The van der Waals surface area contributed by atoms with Gasteiger partial charge in [-0.05, 0) is 62.4 Å². The van der Waals surface area contributed by atoms with E-state index in [4.69, 9.17) is 9.84 Å². The number of nitrogens with zero attached hydrogens (tertiary/aromatic N) is 7. The molecular weight excluding hydrogens is 597 g/mol. The van der Waals surface area contributed by atoms with Crippen molar-refractivity contribution in [2.24, 2.45) is 11.8 Å². The minimum absolute atomic E-state index is 0.203. The minimum Gasteiger partial charge on any atom is -0.360 e. The Morgan fingerprint density at radius 2 is 1.87 bits per heavy atom. The molecule has 0 unspecified atom stereocenters. The number of rotatable bonds is 8. The highest BCUT2D eigenvalue weighted by Crippen LogP contribution is 2.36. The van der Waals surface area contributed by atoms with Crippen molar-refractivity contribution in [2.75, 3.05) is 38.6 Å². The molecule has 4 atom stereocenters. The van der Waals surface area contributed by atoms with Crippen LogP contribution in [0.3, 0.4) is 0 Å². The maximum Gasteiger partial charge on any atom is 0.314 e. The molecular formula is C34H48N8O3Si. The van der Waals surface area contributed by atoms with Crippen molar-refractivity contribution in [1.82, 2.24) is 34.3 Å². The summed E-state index contributed by atoms with van der Waals surface area (Å²) >= 11 is 0. The van der Waals surface area contributed by atoms with E-state index in [2.05, 4.69) is 89.9 Å². The van der Waals surface area contributed by atoms with Crippen molar-refractivity contribution in [3.05, 3.63) is 48.5 Å². The Hall–Kier alpha value is -3.61. The van der Waals surface area contributed by atoms with E-state index in [9.17, 15) is 9.59 Å². The first-order chi connectivity index (χ1) is 22.0. The van der Waals surface area contributed by atoms with E-state index in [0.29, 0.717) is 42.2 Å². The number of piperidine rings is 2. The summed E-state index contributed by atoms with van der Waals surface area (Å²) in [5.41, 5.74) is 3.07. The van der Waals surface area contributed by atoms with E-state index in [1.54, 1.807) is 28.2 Å². The van der Waals surface area contributed by atoms with Crippen LogP contribution in [-0.2, 0) is 21.1 Å². The number of anilines is 1. The van der Waals surface area contributed by atoms with Gasteiger partial charge < -0.3 is 19.9 Å². The van der Waals surface area contributed by atoms with Crippen LogP contribution >= 0.6 is 0 Å². The van der Waals surface area contributed by atoms with Gasteiger partial charge in [-0.3, -0.25) is 19.3 Å². The zero-order valence-electron chi connectivity index (χ0n) is 28.1. The van der Waals surface area contributed by atoms with E-state index >= 15 is 0 Å². The van der Waals surface area contributed by atoms with Gasteiger partial charge in [0.25, 0.3) is 0 Å². The molecule has 0 spiro atoms. The van der Waals surface area contributed by atoms with Gasteiger partial charge in [-0.25, -0.2) is 4.68 Å². The summed E-state index contributed by atoms with van der Waals surface area (Å²) in [5, 5.41) is 14.2. The second-order valence-electron chi connectivity index (χ2n) is 14.7. The molecule has 2 aliphatic rings. The Morgan fingerprint density at radius 1 is 1.04 bits per heavy atom. The Kier molecular flexibility index (Phi) is 9.31. The van der Waals surface area contributed by atoms with Crippen LogP contribution in [0.4, 0.5) is 5.69 Å². The van der Waals surface area contributed by atoms with Gasteiger partial charge in [0.2, 0.25) is 0 Å². The SMILES string of the molecule is C[C@H]1CC[C@H](c2ccc3cn([C@@H]4CCN(C)C[C@@H]4C)nc3c2)N(C(=O)C(=O)Nc2cncc3cnn(COCC[Si](C)(C)C)c23)C1. The van der Waals surface area contributed by atoms with Crippen LogP contribution in [-0.4, -0.2) is 87.5 Å². The Bertz CT molecular complexity index is 1710. The zero-order valence-corrected chi connectivity index (χ0v) is 29.1. The number of hydrogen-bond donors (Lipinski definition) is 1. The van der Waals surface area contributed by atoms with Crippen molar-refractivity contribution in [3.63, 3.8) is 0 Å². The number of aromatic nitrogens is 5. The quantitative estimate of drug-likeness (QED) is 0.152. The summed E-state index contributed by atoms with van der Waals surface area (Å²) < 4.78 is 9.79. The van der Waals surface area contributed by atoms with Crippen molar-refractivity contribution >= 4 is 47.4 Å². The van der Waals surface area contributed by atoms with Crippen LogP contribution in [0.25, 0.3) is 21.8 Å². The highest BCUT2D eigenvalue weighted by Gasteiger charge is 2.35. The summed E-state index contributed by atoms with van der Waals surface area (Å²) in [6.07, 6.45) is 9.97. The molecule has 0 aliphatic carbocycles. The van der Waals surface area contributed by atoms with Crippen molar-refractivity contribution in [3.8, 4) is 0 Å². The number of ether oxygens (including phenoxy) is 1. The molecule has 2 saturated heterocycles. The third kappa shape index (κ3) is 7.03. The summed E-state index contributed by atoms with van der Waals surface area (Å²) in [6.45, 7) is 14.9. The first-order valence-corrected chi connectivity index (χ1v) is 20.3. The number of benzene rings is 1. The lowest BCUT2D eigenvalue weighted by molar-refractivity contribution is -0.146. The van der Waals surface area contributed by atoms with Gasteiger partial charge in [0, 0.05) is 50.9 Å². The molecule has 4 aromatic rings. The molecule has 1 N–H and O–H groups in total. The molecule has 0 bridgehead atoms. The molecule has 1 aromatic carbocycles. The summed E-state index contributed by atoms with van der Waals surface area (Å²) in [6, 6.07) is 7.52. The Balaban J connectivity index is 1.19. The zero-order chi connectivity index (χ0) is 32.6. The van der Waals surface area contributed by atoms with Gasteiger partial charge >= 0.3 is 11.8 Å². The number of pyridine rings is 1. The molecule has 11 nitrogen and oxygen atoms in total. The number of likely N-dealkylation sites (tertiary alicyclic amines) is 2.